The lowest BCUT2D eigenvalue weighted by atomic mass is 10.1. The van der Waals surface area contributed by atoms with Crippen molar-refractivity contribution in [3.63, 3.8) is 0 Å². The summed E-state index contributed by atoms with van der Waals surface area (Å²) in [6.07, 6.45) is 0. The maximum absolute atomic E-state index is 12.7. The molecule has 1 aliphatic rings. The molecule has 23 heavy (non-hydrogen) atoms. The Morgan fingerprint density at radius 3 is 2.91 bits per heavy atom. The minimum atomic E-state index is -0.0825. The van der Waals surface area contributed by atoms with Crippen LogP contribution in [0.4, 0.5) is 0 Å². The largest absolute Gasteiger partial charge is 0.377 e. The van der Waals surface area contributed by atoms with Gasteiger partial charge in [-0.1, -0.05) is 0 Å². The molecule has 2 aromatic rings. The molecule has 2 heterocycles. The maximum atomic E-state index is 12.7. The number of fused-ring (bicyclic) bond motifs is 1. The normalized spacial score (nSPS) is 18.4. The van der Waals surface area contributed by atoms with E-state index < -0.39 is 0 Å². The maximum Gasteiger partial charge on any atom is 0.272 e. The molecule has 1 amide bonds. The number of carbonyl (C=O) groups excluding carboxylic acids is 1. The number of benzene rings is 1. The van der Waals surface area contributed by atoms with Gasteiger partial charge < -0.3 is 14.2 Å². The Morgan fingerprint density at radius 1 is 1.43 bits per heavy atom. The first kappa shape index (κ1) is 15.7. The van der Waals surface area contributed by atoms with Crippen LogP contribution in [0.25, 0.3) is 11.0 Å². The summed E-state index contributed by atoms with van der Waals surface area (Å²) >= 11 is 0. The molecule has 6 nitrogen and oxygen atoms in total. The van der Waals surface area contributed by atoms with Gasteiger partial charge >= 0.3 is 0 Å². The van der Waals surface area contributed by atoms with Gasteiger partial charge in [-0.15, -0.1) is 0 Å². The topological polar surface area (TPSA) is 64.4 Å². The quantitative estimate of drug-likeness (QED) is 0.844. The van der Waals surface area contributed by atoms with Crippen molar-refractivity contribution in [3.8, 4) is 0 Å². The molecule has 1 aliphatic heterocycles. The van der Waals surface area contributed by atoms with E-state index in [1.165, 1.54) is 0 Å². The molecule has 0 unspecified atom stereocenters. The highest BCUT2D eigenvalue weighted by molar-refractivity contribution is 5.97. The van der Waals surface area contributed by atoms with Crippen LogP contribution in [0, 0.1) is 6.92 Å². The molecule has 0 N–H and O–H groups in total. The van der Waals surface area contributed by atoms with E-state index in [-0.39, 0.29) is 17.5 Å². The molecule has 3 rings (SSSR count). The van der Waals surface area contributed by atoms with E-state index in [0.717, 1.165) is 5.52 Å². The van der Waals surface area contributed by atoms with Gasteiger partial charge in [0.15, 0.2) is 0 Å². The third-order valence-electron chi connectivity index (χ3n) is 4.30. The van der Waals surface area contributed by atoms with Crippen LogP contribution in [0.2, 0.25) is 0 Å². The molecule has 1 saturated heterocycles. The zero-order valence-corrected chi connectivity index (χ0v) is 13.7. The number of rotatable bonds is 2. The first-order valence-electron chi connectivity index (χ1n) is 7.93. The van der Waals surface area contributed by atoms with Crippen LogP contribution < -0.4 is 5.56 Å². The molecule has 6 heteroatoms. The monoisotopic (exact) mass is 315 g/mol. The predicted octanol–water partition coefficient (Wildman–Crippen LogP) is 1.59. The smallest absolute Gasteiger partial charge is 0.272 e. The Bertz CT molecular complexity index is 813. The average molecular weight is 315 g/mol. The van der Waals surface area contributed by atoms with Gasteiger partial charge in [-0.3, -0.25) is 9.59 Å². The van der Waals surface area contributed by atoms with Crippen molar-refractivity contribution < 1.29 is 9.53 Å². The molecule has 0 spiro atoms. The Kier molecular flexibility index (Phi) is 4.17. The van der Waals surface area contributed by atoms with Crippen molar-refractivity contribution in [3.05, 3.63) is 39.8 Å². The van der Waals surface area contributed by atoms with E-state index in [4.69, 9.17) is 4.74 Å². The van der Waals surface area contributed by atoms with E-state index in [1.807, 2.05) is 24.8 Å². The number of hydrogen-bond donors (Lipinski definition) is 0. The predicted molar refractivity (Wildman–Crippen MR) is 87.7 cm³/mol. The van der Waals surface area contributed by atoms with Crippen molar-refractivity contribution in [2.45, 2.75) is 33.4 Å². The second kappa shape index (κ2) is 6.12. The second-order valence-corrected chi connectivity index (χ2v) is 5.87. The number of nitrogens with zero attached hydrogens (tertiary/aromatic N) is 3. The highest BCUT2D eigenvalue weighted by Gasteiger charge is 2.25. The van der Waals surface area contributed by atoms with Crippen LogP contribution in [-0.4, -0.2) is 46.2 Å². The minimum absolute atomic E-state index is 0.0172. The van der Waals surface area contributed by atoms with E-state index >= 15 is 0 Å². The molecule has 0 saturated carbocycles. The van der Waals surface area contributed by atoms with Crippen LogP contribution in [0.1, 0.15) is 29.9 Å². The van der Waals surface area contributed by atoms with E-state index in [2.05, 4.69) is 4.98 Å². The standard InChI is InChI=1S/C17H21N3O3/c1-4-19-15-6-5-13(9-14(15)18-12(3)16(19)21)17(22)20-7-8-23-10-11(20)2/h5-6,9,11H,4,7-8,10H2,1-3H3/t11-/m0/s1. The van der Waals surface area contributed by atoms with Crippen LogP contribution in [0.5, 0.6) is 0 Å². The number of hydrogen-bond acceptors (Lipinski definition) is 4. The Balaban J connectivity index is 2.05. The van der Waals surface area contributed by atoms with Gasteiger partial charge in [-0.05, 0) is 39.0 Å². The third-order valence-corrected chi connectivity index (χ3v) is 4.30. The fraction of sp³-hybridized carbons (Fsp3) is 0.471. The minimum Gasteiger partial charge on any atom is -0.377 e. The summed E-state index contributed by atoms with van der Waals surface area (Å²) in [5.74, 6) is -0.0172. The fourth-order valence-electron chi connectivity index (χ4n) is 3.02. The Hall–Kier alpha value is -2.21. The molecule has 1 fully saturated rings. The SMILES string of the molecule is CCn1c(=O)c(C)nc2cc(C(=O)N3CCOC[C@@H]3C)ccc21. The van der Waals surface area contributed by atoms with Crippen molar-refractivity contribution in [2.75, 3.05) is 19.8 Å². The number of aromatic nitrogens is 2. The molecular weight excluding hydrogens is 294 g/mol. The summed E-state index contributed by atoms with van der Waals surface area (Å²) < 4.78 is 7.07. The van der Waals surface area contributed by atoms with Crippen molar-refractivity contribution in [2.24, 2.45) is 0 Å². The third kappa shape index (κ3) is 2.74. The summed E-state index contributed by atoms with van der Waals surface area (Å²) in [4.78, 5) is 31.1. The first-order chi connectivity index (χ1) is 11.0. The summed E-state index contributed by atoms with van der Waals surface area (Å²) in [5.41, 5.74) is 2.40. The lowest BCUT2D eigenvalue weighted by molar-refractivity contribution is 0.00360. The first-order valence-corrected chi connectivity index (χ1v) is 7.93. The van der Waals surface area contributed by atoms with Gasteiger partial charge in [0.05, 0.1) is 30.3 Å². The number of carbonyl (C=O) groups is 1. The summed E-state index contributed by atoms with van der Waals surface area (Å²) in [7, 11) is 0. The van der Waals surface area contributed by atoms with Crippen LogP contribution >= 0.6 is 0 Å². The van der Waals surface area contributed by atoms with Gasteiger partial charge in [-0.2, -0.15) is 0 Å². The molecular formula is C17H21N3O3. The molecule has 0 aliphatic carbocycles. The van der Waals surface area contributed by atoms with Crippen molar-refractivity contribution >= 4 is 16.9 Å². The Labute approximate surface area is 134 Å². The van der Waals surface area contributed by atoms with Crippen LogP contribution in [0.3, 0.4) is 0 Å². The Morgan fingerprint density at radius 2 is 2.22 bits per heavy atom. The number of ether oxygens (including phenoxy) is 1. The van der Waals surface area contributed by atoms with Gasteiger partial charge in [0.2, 0.25) is 0 Å². The van der Waals surface area contributed by atoms with Gasteiger partial charge in [0.1, 0.15) is 5.69 Å². The van der Waals surface area contributed by atoms with Crippen molar-refractivity contribution in [1.82, 2.24) is 14.5 Å². The summed E-state index contributed by atoms with van der Waals surface area (Å²) in [6, 6.07) is 5.42. The van der Waals surface area contributed by atoms with E-state index in [1.54, 1.807) is 23.6 Å². The lowest BCUT2D eigenvalue weighted by Gasteiger charge is -2.33. The fourth-order valence-corrected chi connectivity index (χ4v) is 3.02. The highest BCUT2D eigenvalue weighted by Crippen LogP contribution is 2.17. The molecule has 1 atom stereocenters. The highest BCUT2D eigenvalue weighted by atomic mass is 16.5. The average Bonchev–Trinajstić information content (AvgIpc) is 2.55. The van der Waals surface area contributed by atoms with E-state index in [9.17, 15) is 9.59 Å². The molecule has 0 bridgehead atoms. The van der Waals surface area contributed by atoms with Crippen LogP contribution in [-0.2, 0) is 11.3 Å². The summed E-state index contributed by atoms with van der Waals surface area (Å²) in [5, 5.41) is 0. The zero-order valence-electron chi connectivity index (χ0n) is 13.7. The van der Waals surface area contributed by atoms with Gasteiger partial charge in [0, 0.05) is 18.7 Å². The molecule has 0 radical (unpaired) electrons. The van der Waals surface area contributed by atoms with Gasteiger partial charge in [-0.25, -0.2) is 4.98 Å². The van der Waals surface area contributed by atoms with Crippen LogP contribution in [0.15, 0.2) is 23.0 Å². The number of aryl methyl sites for hydroxylation is 2. The summed E-state index contributed by atoms with van der Waals surface area (Å²) in [6.45, 7) is 7.91. The van der Waals surface area contributed by atoms with E-state index in [0.29, 0.717) is 43.1 Å². The molecule has 1 aromatic heterocycles. The molecule has 1 aromatic carbocycles. The lowest BCUT2D eigenvalue weighted by Crippen LogP contribution is -2.47. The van der Waals surface area contributed by atoms with Gasteiger partial charge in [0.25, 0.3) is 11.5 Å². The number of morpholine rings is 1. The van der Waals surface area contributed by atoms with Crippen molar-refractivity contribution in [1.29, 1.82) is 0 Å². The zero-order chi connectivity index (χ0) is 16.6. The number of amides is 1. The second-order valence-electron chi connectivity index (χ2n) is 5.87. The molecule has 122 valence electrons.